The van der Waals surface area contributed by atoms with Crippen LogP contribution in [0.3, 0.4) is 0 Å². The lowest BCUT2D eigenvalue weighted by Gasteiger charge is -2.41. The Labute approximate surface area is 281 Å². The van der Waals surface area contributed by atoms with Crippen molar-refractivity contribution in [1.29, 1.82) is 0 Å². The third kappa shape index (κ3) is 8.86. The molecule has 2 aliphatic heterocycles. The number of aliphatic hydroxyl groups is 2. The van der Waals surface area contributed by atoms with Crippen molar-refractivity contribution in [2.75, 3.05) is 20.3 Å². The van der Waals surface area contributed by atoms with E-state index in [0.717, 1.165) is 6.92 Å². The molecule has 2 N–H and O–H groups in total. The fourth-order valence-corrected chi connectivity index (χ4v) is 5.31. The first-order valence-electron chi connectivity index (χ1n) is 15.4. The lowest BCUT2D eigenvalue weighted by atomic mass is 9.99. The molecule has 0 amide bonds. The molecular formula is C35H36O14. The molecule has 14 nitrogen and oxygen atoms in total. The number of carbonyl (C=O) groups is 4. The molecule has 0 aromatic heterocycles. The third-order valence-electron chi connectivity index (χ3n) is 7.76. The molecule has 2 fully saturated rings. The van der Waals surface area contributed by atoms with Crippen molar-refractivity contribution in [2.24, 2.45) is 0 Å². The zero-order chi connectivity index (χ0) is 34.9. The predicted molar refractivity (Wildman–Crippen MR) is 166 cm³/mol. The summed E-state index contributed by atoms with van der Waals surface area (Å²) in [6, 6.07) is 24.3. The maximum Gasteiger partial charge on any atom is 0.338 e. The van der Waals surface area contributed by atoms with Crippen LogP contribution < -0.4 is 0 Å². The van der Waals surface area contributed by atoms with E-state index in [-0.39, 0.29) is 16.7 Å². The number of aliphatic hydroxyl groups excluding tert-OH is 2. The van der Waals surface area contributed by atoms with Gasteiger partial charge < -0.3 is 48.1 Å². The van der Waals surface area contributed by atoms with Gasteiger partial charge in [-0.15, -0.1) is 0 Å². The van der Waals surface area contributed by atoms with Crippen LogP contribution in [0.1, 0.15) is 38.0 Å². The van der Waals surface area contributed by atoms with Crippen LogP contribution in [-0.4, -0.2) is 110 Å². The van der Waals surface area contributed by atoms with E-state index in [1.807, 2.05) is 0 Å². The number of methoxy groups -OCH3 is 1. The van der Waals surface area contributed by atoms with Gasteiger partial charge in [0.25, 0.3) is 0 Å². The number of hydrogen-bond acceptors (Lipinski definition) is 14. The van der Waals surface area contributed by atoms with Gasteiger partial charge in [0.15, 0.2) is 30.9 Å². The van der Waals surface area contributed by atoms with E-state index < -0.39 is 92.4 Å². The maximum absolute atomic E-state index is 13.3. The van der Waals surface area contributed by atoms with Gasteiger partial charge in [-0.3, -0.25) is 4.79 Å². The van der Waals surface area contributed by atoms with Crippen LogP contribution in [0.2, 0.25) is 0 Å². The molecule has 3 aromatic carbocycles. The number of esters is 4. The first-order valence-corrected chi connectivity index (χ1v) is 15.4. The van der Waals surface area contributed by atoms with E-state index in [1.54, 1.807) is 66.7 Å². The lowest BCUT2D eigenvalue weighted by Crippen LogP contribution is -2.60. The molecule has 9 atom stereocenters. The highest BCUT2D eigenvalue weighted by molar-refractivity contribution is 5.91. The van der Waals surface area contributed by atoms with E-state index in [1.165, 1.54) is 31.4 Å². The molecule has 3 aromatic rings. The largest absolute Gasteiger partial charge is 0.459 e. The van der Waals surface area contributed by atoms with Gasteiger partial charge >= 0.3 is 23.9 Å². The summed E-state index contributed by atoms with van der Waals surface area (Å²) in [5, 5.41) is 21.5. The van der Waals surface area contributed by atoms with E-state index >= 15 is 0 Å². The second-order valence-electron chi connectivity index (χ2n) is 11.1. The molecule has 14 heteroatoms. The van der Waals surface area contributed by atoms with Gasteiger partial charge in [0.05, 0.1) is 23.3 Å². The minimum atomic E-state index is -1.61. The summed E-state index contributed by atoms with van der Waals surface area (Å²) in [6.07, 6.45) is -12.5. The van der Waals surface area contributed by atoms with Crippen molar-refractivity contribution < 1.29 is 67.3 Å². The Balaban J connectivity index is 1.40. The summed E-state index contributed by atoms with van der Waals surface area (Å²) < 4.78 is 45.2. The summed E-state index contributed by atoms with van der Waals surface area (Å²) in [4.78, 5) is 51.0. The highest BCUT2D eigenvalue weighted by Gasteiger charge is 2.53. The molecule has 0 bridgehead atoms. The van der Waals surface area contributed by atoms with Gasteiger partial charge in [-0.2, -0.15) is 0 Å². The van der Waals surface area contributed by atoms with Gasteiger partial charge in [-0.05, 0) is 36.4 Å². The second kappa shape index (κ2) is 16.6. The monoisotopic (exact) mass is 680 g/mol. The van der Waals surface area contributed by atoms with Crippen molar-refractivity contribution in [3.05, 3.63) is 108 Å². The molecule has 260 valence electrons. The van der Waals surface area contributed by atoms with Crippen molar-refractivity contribution >= 4 is 23.9 Å². The quantitative estimate of drug-likeness (QED) is 0.209. The Morgan fingerprint density at radius 1 is 0.592 bits per heavy atom. The zero-order valence-electron chi connectivity index (χ0n) is 26.6. The van der Waals surface area contributed by atoms with Crippen LogP contribution in [0.25, 0.3) is 0 Å². The van der Waals surface area contributed by atoms with Gasteiger partial charge in [0, 0.05) is 14.0 Å². The van der Waals surface area contributed by atoms with E-state index in [0.29, 0.717) is 0 Å². The summed E-state index contributed by atoms with van der Waals surface area (Å²) >= 11 is 0. The summed E-state index contributed by atoms with van der Waals surface area (Å²) in [7, 11) is 1.26. The van der Waals surface area contributed by atoms with Gasteiger partial charge in [0.1, 0.15) is 31.0 Å². The zero-order valence-corrected chi connectivity index (χ0v) is 26.6. The van der Waals surface area contributed by atoms with Crippen LogP contribution in [0.4, 0.5) is 0 Å². The van der Waals surface area contributed by atoms with E-state index in [9.17, 15) is 29.4 Å². The van der Waals surface area contributed by atoms with Crippen molar-refractivity contribution in [2.45, 2.75) is 62.2 Å². The molecule has 0 aliphatic carbocycles. The summed E-state index contributed by atoms with van der Waals surface area (Å²) in [6.45, 7) is 0.228. The molecule has 2 aliphatic rings. The predicted octanol–water partition coefficient (Wildman–Crippen LogP) is 2.06. The minimum Gasteiger partial charge on any atom is -0.459 e. The number of benzene rings is 3. The Hall–Kier alpha value is -4.70. The topological polar surface area (TPSA) is 183 Å². The van der Waals surface area contributed by atoms with E-state index in [2.05, 4.69) is 0 Å². The SMILES string of the molecule is CO[C@H]1O[C@H](CO[C@@H]2O[C@@H](COC(=O)c3ccccc3)[C@H](OC(=O)c3ccccc3)[C@H]2OC(=O)c2ccccc2)[C@H](O)[C@H](O)[C@H]1OC(C)=O. The number of carbonyl (C=O) groups excluding carboxylic acids is 4. The van der Waals surface area contributed by atoms with Crippen LogP contribution in [-0.2, 0) is 42.7 Å². The average Bonchev–Trinajstić information content (AvgIpc) is 3.44. The highest BCUT2D eigenvalue weighted by Crippen LogP contribution is 2.32. The Morgan fingerprint density at radius 2 is 1.08 bits per heavy atom. The van der Waals surface area contributed by atoms with Gasteiger partial charge in [-0.1, -0.05) is 54.6 Å². The molecule has 2 saturated heterocycles. The number of hydrogen-bond donors (Lipinski definition) is 2. The molecule has 0 radical (unpaired) electrons. The van der Waals surface area contributed by atoms with Crippen LogP contribution >= 0.6 is 0 Å². The van der Waals surface area contributed by atoms with Crippen LogP contribution in [0.15, 0.2) is 91.0 Å². The second-order valence-corrected chi connectivity index (χ2v) is 11.1. The first-order chi connectivity index (χ1) is 23.7. The Bertz CT molecular complexity index is 1550. The molecule has 2 heterocycles. The molecular weight excluding hydrogens is 644 g/mol. The fraction of sp³-hybridized carbons (Fsp3) is 0.371. The number of rotatable bonds is 12. The van der Waals surface area contributed by atoms with Crippen molar-refractivity contribution in [3.8, 4) is 0 Å². The number of ether oxygens (including phenoxy) is 8. The first kappa shape index (κ1) is 35.6. The summed E-state index contributed by atoms with van der Waals surface area (Å²) in [5.74, 6) is -2.98. The molecule has 0 unspecified atom stereocenters. The van der Waals surface area contributed by atoms with E-state index in [4.69, 9.17) is 37.9 Å². The molecule has 0 saturated carbocycles. The smallest absolute Gasteiger partial charge is 0.338 e. The van der Waals surface area contributed by atoms with Gasteiger partial charge in [0.2, 0.25) is 0 Å². The van der Waals surface area contributed by atoms with Crippen LogP contribution in [0, 0.1) is 0 Å². The standard InChI is InChI=1S/C35H36O14/c1-20(36)45-29-27(38)26(37)24(46-34(29)42-2)18-44-35-30(49-33(41)23-16-10-5-11-17-23)28(48-32(40)22-14-8-4-9-15-22)25(47-35)19-43-31(39)21-12-6-3-7-13-21/h3-17,24-30,34-35,37-38H,18-19H2,1-2H3/t24-,25+,26+,27+,28+,29-,30-,34+,35-/m1/s1. The highest BCUT2D eigenvalue weighted by atomic mass is 16.8. The Kier molecular flexibility index (Phi) is 12.1. The van der Waals surface area contributed by atoms with Crippen molar-refractivity contribution in [1.82, 2.24) is 0 Å². The third-order valence-corrected chi connectivity index (χ3v) is 7.76. The minimum absolute atomic E-state index is 0.182. The molecule has 49 heavy (non-hydrogen) atoms. The average molecular weight is 681 g/mol. The van der Waals surface area contributed by atoms with Crippen molar-refractivity contribution in [3.63, 3.8) is 0 Å². The lowest BCUT2D eigenvalue weighted by molar-refractivity contribution is -0.306. The maximum atomic E-state index is 13.3. The molecule has 0 spiro atoms. The molecule has 5 rings (SSSR count). The van der Waals surface area contributed by atoms with Gasteiger partial charge in [-0.25, -0.2) is 14.4 Å². The summed E-state index contributed by atoms with van der Waals surface area (Å²) in [5.41, 5.74) is 0.641. The fourth-order valence-electron chi connectivity index (χ4n) is 5.31. The van der Waals surface area contributed by atoms with Crippen LogP contribution in [0.5, 0.6) is 0 Å². The Morgan fingerprint density at radius 3 is 1.59 bits per heavy atom. The normalized spacial score (nSPS) is 27.9.